The molecule has 10 heteroatoms. The minimum atomic E-state index is -0.515. The lowest BCUT2D eigenvalue weighted by Gasteiger charge is -2.08. The van der Waals surface area contributed by atoms with Gasteiger partial charge in [0.25, 0.3) is 5.91 Å². The third-order valence-electron chi connectivity index (χ3n) is 3.61. The maximum Gasteiger partial charge on any atom is 0.340 e. The Labute approximate surface area is 174 Å². The number of benzene rings is 1. The molecule has 0 radical (unpaired) electrons. The van der Waals surface area contributed by atoms with Crippen molar-refractivity contribution in [2.24, 2.45) is 0 Å². The Kier molecular flexibility index (Phi) is 6.23. The van der Waals surface area contributed by atoms with Gasteiger partial charge < -0.3 is 14.8 Å². The minimum absolute atomic E-state index is 0.0557. The minimum Gasteiger partial charge on any atom is -0.470 e. The lowest BCUT2D eigenvalue weighted by atomic mass is 10.3. The van der Waals surface area contributed by atoms with Crippen LogP contribution in [0.15, 0.2) is 36.5 Å². The first-order valence-electron chi connectivity index (χ1n) is 7.99. The fourth-order valence-electron chi connectivity index (χ4n) is 2.32. The lowest BCUT2D eigenvalue weighted by Crippen LogP contribution is -2.15. The number of nitrogens with zero attached hydrogens (tertiary/aromatic N) is 2. The van der Waals surface area contributed by atoms with E-state index in [1.165, 1.54) is 23.1 Å². The van der Waals surface area contributed by atoms with Crippen molar-refractivity contribution < 1.29 is 19.1 Å². The predicted octanol–water partition coefficient (Wildman–Crippen LogP) is 4.64. The van der Waals surface area contributed by atoms with Crippen LogP contribution in [-0.2, 0) is 11.5 Å². The summed E-state index contributed by atoms with van der Waals surface area (Å²) in [6.07, 6.45) is 1.60. The quantitative estimate of drug-likeness (QED) is 0.565. The Morgan fingerprint density at radius 1 is 1.25 bits per heavy atom. The van der Waals surface area contributed by atoms with Crippen molar-refractivity contribution >= 4 is 51.4 Å². The van der Waals surface area contributed by atoms with E-state index in [-0.39, 0.29) is 12.4 Å². The van der Waals surface area contributed by atoms with E-state index in [1.54, 1.807) is 36.5 Å². The van der Waals surface area contributed by atoms with Gasteiger partial charge in [-0.3, -0.25) is 4.79 Å². The van der Waals surface area contributed by atoms with Crippen molar-refractivity contribution in [1.29, 1.82) is 0 Å². The molecular formula is C18H15Cl2N3O4S. The average Bonchev–Trinajstić information content (AvgIpc) is 3.27. The molecule has 0 atom stereocenters. The summed E-state index contributed by atoms with van der Waals surface area (Å²) >= 11 is 13.2. The van der Waals surface area contributed by atoms with Crippen LogP contribution >= 0.6 is 34.5 Å². The molecule has 146 valence electrons. The van der Waals surface area contributed by atoms with E-state index in [0.717, 1.165) is 4.88 Å². The third-order valence-corrected chi connectivity index (χ3v) is 5.10. The molecule has 0 unspecified atom stereocenters. The van der Waals surface area contributed by atoms with Gasteiger partial charge in [-0.25, -0.2) is 9.48 Å². The van der Waals surface area contributed by atoms with E-state index in [4.69, 9.17) is 32.7 Å². The molecule has 28 heavy (non-hydrogen) atoms. The van der Waals surface area contributed by atoms with Crippen LogP contribution in [0, 0.1) is 6.92 Å². The predicted molar refractivity (Wildman–Crippen MR) is 108 cm³/mol. The van der Waals surface area contributed by atoms with Crippen LogP contribution in [0.2, 0.25) is 10.0 Å². The zero-order valence-corrected chi connectivity index (χ0v) is 17.2. The first-order valence-corrected chi connectivity index (χ1v) is 9.56. The Balaban J connectivity index is 1.67. The number of hydrogen-bond acceptors (Lipinski definition) is 6. The largest absolute Gasteiger partial charge is 0.470 e. The van der Waals surface area contributed by atoms with Gasteiger partial charge in [0, 0.05) is 16.1 Å². The Hall–Kier alpha value is -2.55. The van der Waals surface area contributed by atoms with Crippen LogP contribution < -0.4 is 10.1 Å². The summed E-state index contributed by atoms with van der Waals surface area (Å²) in [5.41, 5.74) is 0.478. The van der Waals surface area contributed by atoms with E-state index in [9.17, 15) is 9.59 Å². The van der Waals surface area contributed by atoms with Gasteiger partial charge >= 0.3 is 5.97 Å². The van der Waals surface area contributed by atoms with E-state index >= 15 is 0 Å². The number of methoxy groups -OCH3 is 1. The number of esters is 1. The van der Waals surface area contributed by atoms with Crippen LogP contribution in [0.25, 0.3) is 0 Å². The molecule has 0 bridgehead atoms. The zero-order valence-electron chi connectivity index (χ0n) is 14.9. The second kappa shape index (κ2) is 8.64. The zero-order chi connectivity index (χ0) is 20.3. The summed E-state index contributed by atoms with van der Waals surface area (Å²) in [5, 5.41) is 8.15. The number of aromatic nitrogens is 2. The number of carbonyl (C=O) groups is 2. The summed E-state index contributed by atoms with van der Waals surface area (Å²) in [6, 6.07) is 8.08. The molecular weight excluding hydrogens is 425 g/mol. The average molecular weight is 440 g/mol. The highest BCUT2D eigenvalue weighted by atomic mass is 35.5. The number of aryl methyl sites for hydroxylation is 1. The van der Waals surface area contributed by atoms with Crippen molar-refractivity contribution in [1.82, 2.24) is 9.78 Å². The fourth-order valence-corrected chi connectivity index (χ4v) is 3.68. The van der Waals surface area contributed by atoms with Crippen molar-refractivity contribution in [2.45, 2.75) is 13.7 Å². The van der Waals surface area contributed by atoms with E-state index < -0.39 is 11.9 Å². The number of thiophene rings is 1. The molecule has 7 nitrogen and oxygen atoms in total. The molecule has 1 amide bonds. The summed E-state index contributed by atoms with van der Waals surface area (Å²) in [5.74, 6) is -0.516. The second-order valence-corrected chi connectivity index (χ2v) is 7.73. The standard InChI is InChI=1S/C18H15Cl2N3O4S/c1-10-7-12(18(25)26-2)17(28-10)21-16(24)14-5-6-23(22-14)9-27-15-4-3-11(19)8-13(15)20/h3-8H,9H2,1-2H3,(H,21,24). The number of hydrogen-bond donors (Lipinski definition) is 1. The van der Waals surface area contributed by atoms with Crippen LogP contribution in [0.4, 0.5) is 5.00 Å². The first-order chi connectivity index (χ1) is 13.4. The van der Waals surface area contributed by atoms with Gasteiger partial charge in [-0.2, -0.15) is 5.10 Å². The number of ether oxygens (including phenoxy) is 2. The number of halogens is 2. The maximum atomic E-state index is 12.5. The molecule has 0 aliphatic heterocycles. The van der Waals surface area contributed by atoms with Gasteiger partial charge in [0.2, 0.25) is 0 Å². The maximum absolute atomic E-state index is 12.5. The van der Waals surface area contributed by atoms with Gasteiger partial charge in [0.1, 0.15) is 10.8 Å². The van der Waals surface area contributed by atoms with Crippen LogP contribution in [-0.4, -0.2) is 28.8 Å². The number of rotatable bonds is 6. The van der Waals surface area contributed by atoms with Crippen molar-refractivity contribution in [2.75, 3.05) is 12.4 Å². The van der Waals surface area contributed by atoms with Crippen molar-refractivity contribution in [3.8, 4) is 5.75 Å². The molecule has 2 heterocycles. The van der Waals surface area contributed by atoms with Crippen LogP contribution in [0.1, 0.15) is 25.7 Å². The lowest BCUT2D eigenvalue weighted by molar-refractivity contribution is 0.0602. The highest BCUT2D eigenvalue weighted by Gasteiger charge is 2.19. The van der Waals surface area contributed by atoms with Crippen LogP contribution in [0.5, 0.6) is 5.75 Å². The molecule has 0 saturated carbocycles. The van der Waals surface area contributed by atoms with Gasteiger partial charge in [-0.05, 0) is 37.3 Å². The van der Waals surface area contributed by atoms with Crippen LogP contribution in [0.3, 0.4) is 0 Å². The smallest absolute Gasteiger partial charge is 0.340 e. The molecule has 3 aromatic rings. The number of carbonyl (C=O) groups excluding carboxylic acids is 2. The molecule has 0 aliphatic rings. The van der Waals surface area contributed by atoms with Crippen molar-refractivity contribution in [3.05, 3.63) is 62.7 Å². The van der Waals surface area contributed by atoms with Gasteiger partial charge in [-0.15, -0.1) is 11.3 Å². The molecule has 2 aromatic heterocycles. The Morgan fingerprint density at radius 3 is 2.75 bits per heavy atom. The third kappa shape index (κ3) is 4.64. The van der Waals surface area contributed by atoms with E-state index in [1.807, 2.05) is 6.92 Å². The highest BCUT2D eigenvalue weighted by Crippen LogP contribution is 2.29. The molecule has 0 spiro atoms. The number of nitrogens with one attached hydrogen (secondary N) is 1. The summed E-state index contributed by atoms with van der Waals surface area (Å²) < 4.78 is 11.8. The SMILES string of the molecule is COC(=O)c1cc(C)sc1NC(=O)c1ccn(COc2ccc(Cl)cc2Cl)n1. The Morgan fingerprint density at radius 2 is 2.04 bits per heavy atom. The number of amides is 1. The molecule has 0 aliphatic carbocycles. The summed E-state index contributed by atoms with van der Waals surface area (Å²) in [7, 11) is 1.29. The van der Waals surface area contributed by atoms with Gasteiger partial charge in [-0.1, -0.05) is 23.2 Å². The second-order valence-electron chi connectivity index (χ2n) is 5.63. The van der Waals surface area contributed by atoms with Gasteiger partial charge in [0.15, 0.2) is 12.4 Å². The molecule has 1 aromatic carbocycles. The molecule has 0 fully saturated rings. The fraction of sp³-hybridized carbons (Fsp3) is 0.167. The normalized spacial score (nSPS) is 10.6. The van der Waals surface area contributed by atoms with E-state index in [0.29, 0.717) is 26.4 Å². The molecule has 3 rings (SSSR count). The number of anilines is 1. The topological polar surface area (TPSA) is 82.5 Å². The summed E-state index contributed by atoms with van der Waals surface area (Å²) in [4.78, 5) is 25.1. The van der Waals surface area contributed by atoms with E-state index in [2.05, 4.69) is 10.4 Å². The first kappa shape index (κ1) is 20.2. The monoisotopic (exact) mass is 439 g/mol. The molecule has 0 saturated heterocycles. The Bertz CT molecular complexity index is 1030. The van der Waals surface area contributed by atoms with Crippen molar-refractivity contribution in [3.63, 3.8) is 0 Å². The highest BCUT2D eigenvalue weighted by molar-refractivity contribution is 7.16. The molecule has 1 N–H and O–H groups in total. The van der Waals surface area contributed by atoms with Gasteiger partial charge in [0.05, 0.1) is 17.7 Å². The summed E-state index contributed by atoms with van der Waals surface area (Å²) in [6.45, 7) is 1.89.